The molecule has 0 radical (unpaired) electrons. The molecule has 1 atom stereocenters. The normalized spacial score (nSPS) is 13.0. The molecule has 0 spiro atoms. The monoisotopic (exact) mass is 332 g/mol. The second-order valence-corrected chi connectivity index (χ2v) is 6.41. The summed E-state index contributed by atoms with van der Waals surface area (Å²) >= 11 is 0. The van der Waals surface area contributed by atoms with Gasteiger partial charge < -0.3 is 5.11 Å². The number of aliphatic hydroxyl groups is 1. The maximum atomic E-state index is 13.8. The summed E-state index contributed by atoms with van der Waals surface area (Å²) in [6.45, 7) is 4.17. The van der Waals surface area contributed by atoms with Gasteiger partial charge in [0, 0.05) is 0 Å². The van der Waals surface area contributed by atoms with E-state index in [1.54, 1.807) is 24.3 Å². The average Bonchev–Trinajstić information content (AvgIpc) is 2.58. The van der Waals surface area contributed by atoms with Crippen LogP contribution < -0.4 is 0 Å². The summed E-state index contributed by atoms with van der Waals surface area (Å²) < 4.78 is 27.6. The number of rotatable bonds is 8. The number of hydrogen-bond donors (Lipinski definition) is 1. The zero-order chi connectivity index (χ0) is 17.6. The van der Waals surface area contributed by atoms with Gasteiger partial charge in [-0.1, -0.05) is 57.4 Å². The Morgan fingerprint density at radius 2 is 1.42 bits per heavy atom. The van der Waals surface area contributed by atoms with E-state index in [2.05, 4.69) is 13.8 Å². The van der Waals surface area contributed by atoms with E-state index in [-0.39, 0.29) is 5.92 Å². The molecule has 0 aromatic heterocycles. The van der Waals surface area contributed by atoms with Crippen molar-refractivity contribution in [2.75, 3.05) is 0 Å². The van der Waals surface area contributed by atoms with Gasteiger partial charge in [0.1, 0.15) is 17.2 Å². The Morgan fingerprint density at radius 3 is 1.83 bits per heavy atom. The average molecular weight is 332 g/mol. The third-order valence-electron chi connectivity index (χ3n) is 4.66. The Labute approximate surface area is 143 Å². The maximum absolute atomic E-state index is 13.8. The summed E-state index contributed by atoms with van der Waals surface area (Å²) in [6.07, 6.45) is 4.50. The van der Waals surface area contributed by atoms with E-state index in [1.807, 2.05) is 0 Å². The van der Waals surface area contributed by atoms with Crippen molar-refractivity contribution in [3.8, 4) is 0 Å². The van der Waals surface area contributed by atoms with Crippen molar-refractivity contribution in [3.05, 3.63) is 71.3 Å². The summed E-state index contributed by atoms with van der Waals surface area (Å²) in [4.78, 5) is 0. The Bertz CT molecular complexity index is 608. The molecule has 0 fully saturated rings. The predicted octanol–water partition coefficient (Wildman–Crippen LogP) is 5.81. The highest BCUT2D eigenvalue weighted by molar-refractivity contribution is 5.37. The van der Waals surface area contributed by atoms with Gasteiger partial charge in [-0.15, -0.1) is 0 Å². The van der Waals surface area contributed by atoms with Crippen LogP contribution in [-0.4, -0.2) is 5.11 Å². The number of unbranched alkanes of at least 4 members (excludes halogenated alkanes) is 1. The van der Waals surface area contributed by atoms with Crippen molar-refractivity contribution in [2.45, 2.75) is 51.6 Å². The van der Waals surface area contributed by atoms with E-state index in [4.69, 9.17) is 0 Å². The van der Waals surface area contributed by atoms with E-state index < -0.39 is 17.2 Å². The quantitative estimate of drug-likeness (QED) is 0.647. The van der Waals surface area contributed by atoms with E-state index in [0.717, 1.165) is 32.1 Å². The minimum absolute atomic E-state index is 0.0916. The number of hydrogen-bond acceptors (Lipinski definition) is 1. The minimum Gasteiger partial charge on any atom is -0.380 e. The van der Waals surface area contributed by atoms with Gasteiger partial charge in [-0.3, -0.25) is 0 Å². The lowest BCUT2D eigenvalue weighted by Gasteiger charge is -2.38. The largest absolute Gasteiger partial charge is 0.380 e. The first-order valence-corrected chi connectivity index (χ1v) is 8.76. The van der Waals surface area contributed by atoms with Crippen molar-refractivity contribution in [3.63, 3.8) is 0 Å². The Balaban J connectivity index is 2.58. The smallest absolute Gasteiger partial charge is 0.123 e. The van der Waals surface area contributed by atoms with Gasteiger partial charge in [-0.2, -0.15) is 0 Å². The van der Waals surface area contributed by atoms with Gasteiger partial charge in [-0.25, -0.2) is 8.78 Å². The first-order chi connectivity index (χ1) is 11.5. The molecule has 0 aliphatic heterocycles. The van der Waals surface area contributed by atoms with Crippen LogP contribution in [0.2, 0.25) is 0 Å². The van der Waals surface area contributed by atoms with Crippen molar-refractivity contribution < 1.29 is 13.9 Å². The summed E-state index contributed by atoms with van der Waals surface area (Å²) in [6, 6.07) is 12.1. The number of benzene rings is 2. The molecular formula is C21H26F2O. The van der Waals surface area contributed by atoms with Crippen LogP contribution in [0, 0.1) is 17.6 Å². The van der Waals surface area contributed by atoms with E-state index in [0.29, 0.717) is 11.1 Å². The van der Waals surface area contributed by atoms with Crippen molar-refractivity contribution in [2.24, 2.45) is 5.92 Å². The van der Waals surface area contributed by atoms with E-state index in [9.17, 15) is 13.9 Å². The summed E-state index contributed by atoms with van der Waals surface area (Å²) in [5.41, 5.74) is -0.416. The van der Waals surface area contributed by atoms with Gasteiger partial charge in [0.15, 0.2) is 0 Å². The molecule has 130 valence electrons. The molecule has 1 N–H and O–H groups in total. The SMILES string of the molecule is CCCCC(CCC)C(O)(c1cccc(F)c1)c1cccc(F)c1. The predicted molar refractivity (Wildman–Crippen MR) is 93.7 cm³/mol. The maximum Gasteiger partial charge on any atom is 0.123 e. The van der Waals surface area contributed by atoms with Crippen LogP contribution in [0.15, 0.2) is 48.5 Å². The van der Waals surface area contributed by atoms with Crippen LogP contribution in [0.3, 0.4) is 0 Å². The summed E-state index contributed by atoms with van der Waals surface area (Å²) in [5, 5.41) is 11.7. The lowest BCUT2D eigenvalue weighted by atomic mass is 9.72. The zero-order valence-electron chi connectivity index (χ0n) is 14.4. The molecule has 0 saturated heterocycles. The fraction of sp³-hybridized carbons (Fsp3) is 0.429. The topological polar surface area (TPSA) is 20.2 Å². The molecule has 2 aromatic carbocycles. The molecule has 2 aromatic rings. The Kier molecular flexibility index (Phi) is 6.50. The third kappa shape index (κ3) is 4.02. The molecule has 0 heterocycles. The number of halogens is 2. The third-order valence-corrected chi connectivity index (χ3v) is 4.66. The van der Waals surface area contributed by atoms with Crippen LogP contribution in [0.5, 0.6) is 0 Å². The van der Waals surface area contributed by atoms with Crippen LogP contribution in [0.4, 0.5) is 8.78 Å². The van der Waals surface area contributed by atoms with Crippen molar-refractivity contribution in [1.82, 2.24) is 0 Å². The molecule has 0 amide bonds. The summed E-state index contributed by atoms with van der Waals surface area (Å²) in [5.74, 6) is -0.882. The molecule has 24 heavy (non-hydrogen) atoms. The van der Waals surface area contributed by atoms with Gasteiger partial charge in [0.05, 0.1) is 0 Å². The van der Waals surface area contributed by atoms with Gasteiger partial charge in [0.25, 0.3) is 0 Å². The van der Waals surface area contributed by atoms with Gasteiger partial charge >= 0.3 is 0 Å². The minimum atomic E-state index is -1.39. The molecule has 0 aliphatic carbocycles. The van der Waals surface area contributed by atoms with E-state index >= 15 is 0 Å². The highest BCUT2D eigenvalue weighted by Crippen LogP contribution is 2.42. The van der Waals surface area contributed by atoms with Crippen LogP contribution in [0.25, 0.3) is 0 Å². The summed E-state index contributed by atoms with van der Waals surface area (Å²) in [7, 11) is 0. The van der Waals surface area contributed by atoms with E-state index in [1.165, 1.54) is 24.3 Å². The lowest BCUT2D eigenvalue weighted by molar-refractivity contribution is 0.00622. The lowest BCUT2D eigenvalue weighted by Crippen LogP contribution is -2.37. The molecule has 0 aliphatic rings. The molecule has 0 bridgehead atoms. The van der Waals surface area contributed by atoms with Crippen molar-refractivity contribution in [1.29, 1.82) is 0 Å². The highest BCUT2D eigenvalue weighted by atomic mass is 19.1. The van der Waals surface area contributed by atoms with Gasteiger partial charge in [0.2, 0.25) is 0 Å². The van der Waals surface area contributed by atoms with Crippen molar-refractivity contribution >= 4 is 0 Å². The Morgan fingerprint density at radius 1 is 0.875 bits per heavy atom. The molecule has 1 nitrogen and oxygen atoms in total. The second kappa shape index (κ2) is 8.39. The fourth-order valence-electron chi connectivity index (χ4n) is 3.45. The molecule has 3 heteroatoms. The molecular weight excluding hydrogens is 306 g/mol. The first-order valence-electron chi connectivity index (χ1n) is 8.76. The van der Waals surface area contributed by atoms with Crippen LogP contribution >= 0.6 is 0 Å². The molecule has 2 rings (SSSR count). The standard InChI is InChI=1S/C21H26F2O/c1-3-5-9-16(8-4-2)21(24,17-10-6-12-19(22)14-17)18-11-7-13-20(23)15-18/h6-7,10-16,24H,3-5,8-9H2,1-2H3. The first kappa shape index (κ1) is 18.6. The highest BCUT2D eigenvalue weighted by Gasteiger charge is 2.39. The second-order valence-electron chi connectivity index (χ2n) is 6.41. The molecule has 1 unspecified atom stereocenters. The van der Waals surface area contributed by atoms with Gasteiger partial charge in [-0.05, 0) is 54.2 Å². The van der Waals surface area contributed by atoms with Crippen LogP contribution in [0.1, 0.15) is 57.1 Å². The zero-order valence-corrected chi connectivity index (χ0v) is 14.4. The Hall–Kier alpha value is -1.74. The van der Waals surface area contributed by atoms with Crippen LogP contribution in [-0.2, 0) is 5.60 Å². The fourth-order valence-corrected chi connectivity index (χ4v) is 3.45. The molecule has 0 saturated carbocycles.